The predicted octanol–water partition coefficient (Wildman–Crippen LogP) is 3.95. The second-order valence-corrected chi connectivity index (χ2v) is 8.00. The van der Waals surface area contributed by atoms with Gasteiger partial charge >= 0.3 is 0 Å². The van der Waals surface area contributed by atoms with Gasteiger partial charge in [0.1, 0.15) is 17.2 Å². The summed E-state index contributed by atoms with van der Waals surface area (Å²) in [5, 5.41) is 4.74. The first-order valence-corrected chi connectivity index (χ1v) is 10.5. The average Bonchev–Trinajstić information content (AvgIpc) is 3.38. The topological polar surface area (TPSA) is 73.5 Å². The number of ether oxygens (including phenoxy) is 2. The Balaban J connectivity index is 1.65. The fraction of sp³-hybridized carbons (Fsp3) is 0.500. The van der Waals surface area contributed by atoms with Crippen molar-refractivity contribution in [1.82, 2.24) is 15.1 Å². The molecule has 0 aliphatic carbocycles. The van der Waals surface area contributed by atoms with Crippen molar-refractivity contribution in [3.63, 3.8) is 0 Å². The zero-order valence-corrected chi connectivity index (χ0v) is 17.5. The summed E-state index contributed by atoms with van der Waals surface area (Å²) in [5.74, 6) is 0.822. The van der Waals surface area contributed by atoms with Crippen molar-refractivity contribution in [2.75, 3.05) is 31.2 Å². The molecule has 0 atom stereocenters. The molecule has 0 N–H and O–H groups in total. The maximum Gasteiger partial charge on any atom is 0.261 e. The summed E-state index contributed by atoms with van der Waals surface area (Å²) >= 11 is 0. The largest absolute Gasteiger partial charge is 0.356 e. The maximum atomic E-state index is 15.0. The van der Waals surface area contributed by atoms with Crippen molar-refractivity contribution < 1.29 is 18.4 Å². The third-order valence-corrected chi connectivity index (χ3v) is 6.13. The van der Waals surface area contributed by atoms with Gasteiger partial charge < -0.3 is 18.9 Å². The van der Waals surface area contributed by atoms with E-state index in [0.29, 0.717) is 49.4 Å². The van der Waals surface area contributed by atoms with Gasteiger partial charge in [-0.1, -0.05) is 12.1 Å². The van der Waals surface area contributed by atoms with Crippen LogP contribution in [0.1, 0.15) is 36.7 Å². The van der Waals surface area contributed by atoms with Crippen LogP contribution >= 0.6 is 0 Å². The number of fused-ring (bicyclic) bond motifs is 1. The standard InChI is InChI=1S/C22H25FN4O3/c1-4-15-11-16-13(2)18(21-24-14(3)26-30-21)20(25-19(16)17(23)12-15)27-7-5-22(6-8-27)28-9-10-29-22/h11-12H,4-10H2,1-3H3. The van der Waals surface area contributed by atoms with Gasteiger partial charge in [0.05, 0.1) is 18.8 Å². The Morgan fingerprint density at radius 1 is 1.10 bits per heavy atom. The van der Waals surface area contributed by atoms with Crippen LogP contribution in [0.15, 0.2) is 16.7 Å². The SMILES string of the molecule is CCc1cc(F)c2nc(N3CCC4(CC3)OCCO4)c(-c3nc(C)no3)c(C)c2c1. The molecule has 1 spiro atoms. The molecule has 2 saturated heterocycles. The Bertz CT molecular complexity index is 1100. The number of aromatic nitrogens is 3. The lowest BCUT2D eigenvalue weighted by Crippen LogP contribution is -2.45. The molecule has 1 aromatic carbocycles. The van der Waals surface area contributed by atoms with Crippen molar-refractivity contribution in [3.8, 4) is 11.5 Å². The number of anilines is 1. The molecule has 0 radical (unpaired) electrons. The van der Waals surface area contributed by atoms with Crippen molar-refractivity contribution in [1.29, 1.82) is 0 Å². The molecular formula is C22H25FN4O3. The fourth-order valence-electron chi connectivity index (χ4n) is 4.45. The van der Waals surface area contributed by atoms with Crippen LogP contribution in [0.25, 0.3) is 22.4 Å². The average molecular weight is 412 g/mol. The summed E-state index contributed by atoms with van der Waals surface area (Å²) in [5.41, 5.74) is 2.95. The van der Waals surface area contributed by atoms with Gasteiger partial charge in [-0.2, -0.15) is 4.98 Å². The van der Waals surface area contributed by atoms with Crippen molar-refractivity contribution in [3.05, 3.63) is 34.9 Å². The highest BCUT2D eigenvalue weighted by molar-refractivity contribution is 5.93. The van der Waals surface area contributed by atoms with E-state index in [1.807, 2.05) is 19.9 Å². The van der Waals surface area contributed by atoms with Crippen LogP contribution in [0.4, 0.5) is 10.2 Å². The third-order valence-electron chi connectivity index (χ3n) is 6.13. The molecule has 0 unspecified atom stereocenters. The molecular weight excluding hydrogens is 387 g/mol. The number of piperidine rings is 1. The summed E-state index contributed by atoms with van der Waals surface area (Å²) in [6.07, 6.45) is 2.20. The monoisotopic (exact) mass is 412 g/mol. The smallest absolute Gasteiger partial charge is 0.261 e. The molecule has 0 bridgehead atoms. The Labute approximate surface area is 174 Å². The highest BCUT2D eigenvalue weighted by Crippen LogP contribution is 2.40. The molecule has 158 valence electrons. The molecule has 3 aromatic rings. The van der Waals surface area contributed by atoms with Crippen LogP contribution in [-0.2, 0) is 15.9 Å². The van der Waals surface area contributed by atoms with E-state index in [0.717, 1.165) is 41.3 Å². The Morgan fingerprint density at radius 3 is 2.47 bits per heavy atom. The minimum atomic E-state index is -0.495. The van der Waals surface area contributed by atoms with Crippen molar-refractivity contribution >= 4 is 16.7 Å². The first-order valence-electron chi connectivity index (χ1n) is 10.5. The number of aryl methyl sites for hydroxylation is 3. The van der Waals surface area contributed by atoms with E-state index in [4.69, 9.17) is 19.0 Å². The zero-order chi connectivity index (χ0) is 20.9. The van der Waals surface area contributed by atoms with E-state index in [1.165, 1.54) is 0 Å². The molecule has 2 fully saturated rings. The molecule has 0 saturated carbocycles. The lowest BCUT2D eigenvalue weighted by molar-refractivity contribution is -0.169. The number of hydrogen-bond acceptors (Lipinski definition) is 7. The van der Waals surface area contributed by atoms with E-state index in [1.54, 1.807) is 13.0 Å². The number of rotatable bonds is 3. The lowest BCUT2D eigenvalue weighted by atomic mass is 9.98. The van der Waals surface area contributed by atoms with Crippen molar-refractivity contribution in [2.45, 2.75) is 45.8 Å². The summed E-state index contributed by atoms with van der Waals surface area (Å²) in [7, 11) is 0. The normalized spacial score (nSPS) is 18.6. The number of benzene rings is 1. The molecule has 30 heavy (non-hydrogen) atoms. The maximum absolute atomic E-state index is 15.0. The van der Waals surface area contributed by atoms with E-state index in [9.17, 15) is 4.39 Å². The van der Waals surface area contributed by atoms with Crippen molar-refractivity contribution in [2.24, 2.45) is 0 Å². The highest BCUT2D eigenvalue weighted by Gasteiger charge is 2.41. The van der Waals surface area contributed by atoms with E-state index in [-0.39, 0.29) is 5.82 Å². The van der Waals surface area contributed by atoms with Gasteiger partial charge in [-0.15, -0.1) is 0 Å². The van der Waals surface area contributed by atoms with Crippen LogP contribution in [0, 0.1) is 19.7 Å². The molecule has 4 heterocycles. The predicted molar refractivity (Wildman–Crippen MR) is 110 cm³/mol. The molecule has 7 nitrogen and oxygen atoms in total. The van der Waals surface area contributed by atoms with E-state index < -0.39 is 5.79 Å². The lowest BCUT2D eigenvalue weighted by Gasteiger charge is -2.38. The molecule has 2 aliphatic rings. The summed E-state index contributed by atoms with van der Waals surface area (Å²) in [6.45, 7) is 8.40. The van der Waals surface area contributed by atoms with Gasteiger partial charge in [-0.05, 0) is 43.5 Å². The quantitative estimate of drug-likeness (QED) is 0.645. The van der Waals surface area contributed by atoms with Crippen LogP contribution in [0.5, 0.6) is 0 Å². The Hall–Kier alpha value is -2.58. The van der Waals surface area contributed by atoms with Gasteiger partial charge in [0.15, 0.2) is 11.6 Å². The number of hydrogen-bond donors (Lipinski definition) is 0. The fourth-order valence-corrected chi connectivity index (χ4v) is 4.45. The minimum absolute atomic E-state index is 0.308. The van der Waals surface area contributed by atoms with Crippen LogP contribution < -0.4 is 4.90 Å². The highest BCUT2D eigenvalue weighted by atomic mass is 19.1. The van der Waals surface area contributed by atoms with Gasteiger partial charge in [-0.25, -0.2) is 9.37 Å². The van der Waals surface area contributed by atoms with Gasteiger partial charge in [0.25, 0.3) is 5.89 Å². The molecule has 8 heteroatoms. The molecule has 5 rings (SSSR count). The second-order valence-electron chi connectivity index (χ2n) is 8.00. The summed E-state index contributed by atoms with van der Waals surface area (Å²) < 4.78 is 32.2. The minimum Gasteiger partial charge on any atom is -0.356 e. The van der Waals surface area contributed by atoms with Crippen LogP contribution in [-0.4, -0.2) is 47.2 Å². The Kier molecular flexibility index (Phi) is 4.71. The zero-order valence-electron chi connectivity index (χ0n) is 17.5. The number of pyridine rings is 1. The number of halogens is 1. The summed E-state index contributed by atoms with van der Waals surface area (Å²) in [6, 6.07) is 3.57. The first-order chi connectivity index (χ1) is 14.5. The Morgan fingerprint density at radius 2 is 1.83 bits per heavy atom. The molecule has 2 aromatic heterocycles. The van der Waals surface area contributed by atoms with Gasteiger partial charge in [0.2, 0.25) is 0 Å². The second kappa shape index (κ2) is 7.28. The third kappa shape index (κ3) is 3.15. The van der Waals surface area contributed by atoms with E-state index >= 15 is 0 Å². The van der Waals surface area contributed by atoms with Crippen LogP contribution in [0.2, 0.25) is 0 Å². The van der Waals surface area contributed by atoms with E-state index in [2.05, 4.69) is 15.0 Å². The molecule has 0 amide bonds. The van der Waals surface area contributed by atoms with Crippen LogP contribution in [0.3, 0.4) is 0 Å². The first kappa shape index (κ1) is 19.4. The number of nitrogens with zero attached hydrogens (tertiary/aromatic N) is 4. The van der Waals surface area contributed by atoms with Gasteiger partial charge in [0, 0.05) is 31.3 Å². The molecule has 2 aliphatic heterocycles. The van der Waals surface area contributed by atoms with Gasteiger partial charge in [-0.3, -0.25) is 0 Å². The summed E-state index contributed by atoms with van der Waals surface area (Å²) in [4.78, 5) is 11.4.